The molecule has 2 unspecified atom stereocenters. The molecule has 0 aliphatic rings. The lowest BCUT2D eigenvalue weighted by Crippen LogP contribution is -2.24. The molecule has 0 aliphatic carbocycles. The van der Waals surface area contributed by atoms with Crippen LogP contribution in [0.15, 0.2) is 0 Å². The van der Waals surface area contributed by atoms with Crippen LogP contribution >= 0.6 is 23.2 Å². The van der Waals surface area contributed by atoms with Crippen molar-refractivity contribution >= 4 is 23.2 Å². The molecule has 0 aromatic carbocycles. The zero-order chi connectivity index (χ0) is 16.6. The van der Waals surface area contributed by atoms with Gasteiger partial charge in [-0.25, -0.2) is 0 Å². The molecule has 0 N–H and O–H groups in total. The zero-order valence-electron chi connectivity index (χ0n) is 15.1. The fraction of sp³-hybridized carbons (Fsp3) is 1.00. The maximum absolute atomic E-state index is 5.89. The lowest BCUT2D eigenvalue weighted by Gasteiger charge is -2.22. The lowest BCUT2D eigenvalue weighted by atomic mass is 10.0. The predicted molar refractivity (Wildman–Crippen MR) is 101 cm³/mol. The Bertz CT molecular complexity index is 221. The van der Waals surface area contributed by atoms with Crippen molar-refractivity contribution in [2.24, 2.45) is 0 Å². The Labute approximate surface area is 149 Å². The largest absolute Gasteiger partial charge is 0.372 e. The second-order valence-corrected chi connectivity index (χ2v) is 7.69. The molecule has 1 nitrogen and oxygen atoms in total. The Kier molecular flexibility index (Phi) is 16.8. The SMILES string of the molecule is CCCCCCCCCCCCCC(CC)OC(C)C(Cl)Cl. The molecule has 0 aromatic heterocycles. The number of halogens is 2. The van der Waals surface area contributed by atoms with Crippen molar-refractivity contribution in [1.82, 2.24) is 0 Å². The van der Waals surface area contributed by atoms with Gasteiger partial charge in [0.1, 0.15) is 4.84 Å². The molecule has 0 radical (unpaired) electrons. The number of hydrogen-bond acceptors (Lipinski definition) is 1. The zero-order valence-corrected chi connectivity index (χ0v) is 16.6. The van der Waals surface area contributed by atoms with E-state index in [1.54, 1.807) is 0 Å². The van der Waals surface area contributed by atoms with Gasteiger partial charge in [-0.3, -0.25) is 0 Å². The Morgan fingerprint density at radius 3 is 1.59 bits per heavy atom. The third kappa shape index (κ3) is 14.2. The summed E-state index contributed by atoms with van der Waals surface area (Å²) >= 11 is 11.7. The van der Waals surface area contributed by atoms with Crippen LogP contribution in [0.25, 0.3) is 0 Å². The number of unbranched alkanes of at least 4 members (excludes halogenated alkanes) is 10. The predicted octanol–water partition coefficient (Wildman–Crippen LogP) is 7.67. The van der Waals surface area contributed by atoms with E-state index >= 15 is 0 Å². The van der Waals surface area contributed by atoms with Crippen LogP contribution in [-0.4, -0.2) is 17.0 Å². The normalized spacial score (nSPS) is 14.5. The van der Waals surface area contributed by atoms with Gasteiger partial charge in [-0.2, -0.15) is 0 Å². The van der Waals surface area contributed by atoms with E-state index in [-0.39, 0.29) is 6.10 Å². The molecule has 0 spiro atoms. The van der Waals surface area contributed by atoms with Crippen LogP contribution in [0.1, 0.15) is 104 Å². The summed E-state index contributed by atoms with van der Waals surface area (Å²) in [5.74, 6) is 0. The Morgan fingerprint density at radius 2 is 1.18 bits per heavy atom. The molecule has 0 aliphatic heterocycles. The third-order valence-electron chi connectivity index (χ3n) is 4.35. The molecule has 2 atom stereocenters. The smallest absolute Gasteiger partial charge is 0.133 e. The highest BCUT2D eigenvalue weighted by Gasteiger charge is 2.16. The highest BCUT2D eigenvalue weighted by atomic mass is 35.5. The summed E-state index contributed by atoms with van der Waals surface area (Å²) in [6.07, 6.45) is 17.7. The first-order chi connectivity index (χ1) is 10.6. The fourth-order valence-electron chi connectivity index (χ4n) is 2.77. The van der Waals surface area contributed by atoms with Gasteiger partial charge in [-0.15, -0.1) is 23.2 Å². The lowest BCUT2D eigenvalue weighted by molar-refractivity contribution is -0.00271. The van der Waals surface area contributed by atoms with Crippen LogP contribution < -0.4 is 0 Å². The number of ether oxygens (including phenoxy) is 1. The van der Waals surface area contributed by atoms with E-state index in [1.165, 1.54) is 70.6 Å². The molecule has 0 heterocycles. The minimum atomic E-state index is -0.425. The van der Waals surface area contributed by atoms with Crippen LogP contribution in [0.3, 0.4) is 0 Å². The maximum Gasteiger partial charge on any atom is 0.133 e. The standard InChI is InChI=1S/C19H38Cl2O/c1-4-6-7-8-9-10-11-12-13-14-15-16-18(5-2)22-17(3)19(20)21/h17-19H,4-16H2,1-3H3. The van der Waals surface area contributed by atoms with E-state index in [2.05, 4.69) is 13.8 Å². The van der Waals surface area contributed by atoms with Gasteiger partial charge in [0.2, 0.25) is 0 Å². The summed E-state index contributed by atoms with van der Waals surface area (Å²) in [7, 11) is 0. The van der Waals surface area contributed by atoms with Crippen LogP contribution in [0.4, 0.5) is 0 Å². The molecule has 0 bridgehead atoms. The van der Waals surface area contributed by atoms with Gasteiger partial charge in [0.05, 0.1) is 12.2 Å². The maximum atomic E-state index is 5.89. The average molecular weight is 353 g/mol. The van der Waals surface area contributed by atoms with Gasteiger partial charge >= 0.3 is 0 Å². The van der Waals surface area contributed by atoms with Gasteiger partial charge in [-0.1, -0.05) is 84.5 Å². The quantitative estimate of drug-likeness (QED) is 0.204. The molecule has 0 saturated carbocycles. The van der Waals surface area contributed by atoms with Crippen molar-refractivity contribution in [3.05, 3.63) is 0 Å². The molecular formula is C19H38Cl2O. The number of hydrogen-bond donors (Lipinski definition) is 0. The van der Waals surface area contributed by atoms with Crippen molar-refractivity contribution in [3.63, 3.8) is 0 Å². The highest BCUT2D eigenvalue weighted by Crippen LogP contribution is 2.18. The van der Waals surface area contributed by atoms with Crippen molar-refractivity contribution in [3.8, 4) is 0 Å². The summed E-state index contributed by atoms with van der Waals surface area (Å²) in [4.78, 5) is -0.425. The van der Waals surface area contributed by atoms with E-state index in [1.807, 2.05) is 6.92 Å². The highest BCUT2D eigenvalue weighted by molar-refractivity contribution is 6.44. The van der Waals surface area contributed by atoms with E-state index in [0.29, 0.717) is 6.10 Å². The molecule has 0 amide bonds. The van der Waals surface area contributed by atoms with Crippen molar-refractivity contribution in [1.29, 1.82) is 0 Å². The van der Waals surface area contributed by atoms with E-state index in [9.17, 15) is 0 Å². The van der Waals surface area contributed by atoms with Gasteiger partial charge < -0.3 is 4.74 Å². The summed E-state index contributed by atoms with van der Waals surface area (Å²) < 4.78 is 5.89. The van der Waals surface area contributed by atoms with Crippen molar-refractivity contribution < 1.29 is 4.74 Å². The number of alkyl halides is 2. The molecule has 0 fully saturated rings. The molecule has 134 valence electrons. The Morgan fingerprint density at radius 1 is 0.727 bits per heavy atom. The minimum Gasteiger partial charge on any atom is -0.372 e. The first-order valence-corrected chi connectivity index (χ1v) is 10.4. The van der Waals surface area contributed by atoms with Crippen LogP contribution in [0.5, 0.6) is 0 Å². The van der Waals surface area contributed by atoms with Crippen molar-refractivity contribution in [2.45, 2.75) is 121 Å². The van der Waals surface area contributed by atoms with Crippen LogP contribution in [-0.2, 0) is 4.74 Å². The molecule has 22 heavy (non-hydrogen) atoms. The first-order valence-electron chi connectivity index (χ1n) is 9.55. The second kappa shape index (κ2) is 16.4. The molecule has 3 heteroatoms. The summed E-state index contributed by atoms with van der Waals surface area (Å²) in [5.41, 5.74) is 0. The van der Waals surface area contributed by atoms with Crippen LogP contribution in [0.2, 0.25) is 0 Å². The Hall–Kier alpha value is 0.540. The molecule has 0 rings (SSSR count). The monoisotopic (exact) mass is 352 g/mol. The molecule has 0 saturated heterocycles. The average Bonchev–Trinajstić information content (AvgIpc) is 2.51. The van der Waals surface area contributed by atoms with Gasteiger partial charge in [-0.05, 0) is 19.8 Å². The van der Waals surface area contributed by atoms with Gasteiger partial charge in [0.15, 0.2) is 0 Å². The van der Waals surface area contributed by atoms with E-state index in [4.69, 9.17) is 27.9 Å². The summed E-state index contributed by atoms with van der Waals surface area (Å²) in [6.45, 7) is 6.40. The summed E-state index contributed by atoms with van der Waals surface area (Å²) in [6, 6.07) is 0. The van der Waals surface area contributed by atoms with Gasteiger partial charge in [0.25, 0.3) is 0 Å². The Balaban J connectivity index is 3.36. The minimum absolute atomic E-state index is 0.0685. The van der Waals surface area contributed by atoms with E-state index < -0.39 is 4.84 Å². The van der Waals surface area contributed by atoms with Crippen LogP contribution in [0, 0.1) is 0 Å². The second-order valence-electron chi connectivity index (χ2n) is 6.53. The van der Waals surface area contributed by atoms with Gasteiger partial charge in [0, 0.05) is 0 Å². The summed E-state index contributed by atoms with van der Waals surface area (Å²) in [5, 5.41) is 0. The fourth-order valence-corrected chi connectivity index (χ4v) is 2.89. The van der Waals surface area contributed by atoms with Crippen molar-refractivity contribution in [2.75, 3.05) is 0 Å². The molecule has 0 aromatic rings. The third-order valence-corrected chi connectivity index (χ3v) is 5.06. The first kappa shape index (κ1) is 22.5. The number of rotatable bonds is 16. The molecular weight excluding hydrogens is 315 g/mol. The topological polar surface area (TPSA) is 9.23 Å². The van der Waals surface area contributed by atoms with E-state index in [0.717, 1.165) is 12.8 Å².